The number of amides is 1. The lowest BCUT2D eigenvalue weighted by Gasteiger charge is -2.10. The van der Waals surface area contributed by atoms with E-state index >= 15 is 0 Å². The van der Waals surface area contributed by atoms with E-state index in [0.717, 1.165) is 16.9 Å². The molecule has 6 nitrogen and oxygen atoms in total. The summed E-state index contributed by atoms with van der Waals surface area (Å²) in [5.41, 5.74) is 7.53. The fourth-order valence-electron chi connectivity index (χ4n) is 1.84. The smallest absolute Gasteiger partial charge is 0.236 e. The summed E-state index contributed by atoms with van der Waals surface area (Å²) < 4.78 is 7.38. The first-order valence-corrected chi connectivity index (χ1v) is 6.81. The van der Waals surface area contributed by atoms with Gasteiger partial charge in [-0.25, -0.2) is 0 Å². The molecule has 0 radical (unpaired) electrons. The molecule has 0 aliphatic carbocycles. The normalized spacial score (nSPS) is 12.0. The lowest BCUT2D eigenvalue weighted by molar-refractivity contribution is -0.122. The van der Waals surface area contributed by atoms with Crippen LogP contribution in [0.1, 0.15) is 6.92 Å². The fraction of sp³-hybridized carbons (Fsp3) is 0.333. The number of benzene rings is 1. The number of nitrogens with two attached hydrogens (primary N) is 1. The molecule has 0 spiro atoms. The highest BCUT2D eigenvalue weighted by molar-refractivity contribution is 5.80. The largest absolute Gasteiger partial charge is 0.492 e. The Hall–Kier alpha value is -2.34. The number of hydrogen-bond acceptors (Lipinski definition) is 4. The van der Waals surface area contributed by atoms with Gasteiger partial charge >= 0.3 is 0 Å². The summed E-state index contributed by atoms with van der Waals surface area (Å²) in [6, 6.07) is 7.26. The number of nitrogens with one attached hydrogen (secondary N) is 1. The predicted octanol–water partition coefficient (Wildman–Crippen LogP) is 0.929. The average molecular weight is 288 g/mol. The molecule has 2 aromatic rings. The minimum absolute atomic E-state index is 0.178. The molecule has 0 unspecified atom stereocenters. The minimum Gasteiger partial charge on any atom is -0.492 e. The third-order valence-electron chi connectivity index (χ3n) is 2.96. The monoisotopic (exact) mass is 288 g/mol. The maximum absolute atomic E-state index is 11.3. The lowest BCUT2D eigenvalue weighted by atomic mass is 10.1. The first kappa shape index (κ1) is 15.1. The number of ether oxygens (including phenoxy) is 1. The Labute approximate surface area is 123 Å². The number of carbonyl (C=O) groups is 1. The van der Waals surface area contributed by atoms with Crippen LogP contribution in [0.4, 0.5) is 0 Å². The zero-order valence-corrected chi connectivity index (χ0v) is 12.2. The molecule has 1 aromatic carbocycles. The molecule has 112 valence electrons. The predicted molar refractivity (Wildman–Crippen MR) is 80.8 cm³/mol. The Morgan fingerprint density at radius 1 is 1.48 bits per heavy atom. The minimum atomic E-state index is -0.501. The Kier molecular flexibility index (Phi) is 4.94. The zero-order chi connectivity index (χ0) is 15.2. The number of nitrogens with zero attached hydrogens (tertiary/aromatic N) is 2. The highest BCUT2D eigenvalue weighted by Gasteiger charge is 2.06. The van der Waals surface area contributed by atoms with Crippen molar-refractivity contribution in [1.29, 1.82) is 0 Å². The molecule has 0 bridgehead atoms. The molecule has 0 aliphatic rings. The van der Waals surface area contributed by atoms with Crippen molar-refractivity contribution in [3.05, 3.63) is 36.7 Å². The maximum Gasteiger partial charge on any atom is 0.236 e. The van der Waals surface area contributed by atoms with Crippen LogP contribution >= 0.6 is 0 Å². The van der Waals surface area contributed by atoms with E-state index in [2.05, 4.69) is 10.4 Å². The SMILES string of the molecule is C[C@H](N)C(=O)NCCOc1cccc(-c2cnn(C)c2)c1. The summed E-state index contributed by atoms with van der Waals surface area (Å²) in [6.45, 7) is 2.47. The van der Waals surface area contributed by atoms with Crippen LogP contribution in [0, 0.1) is 0 Å². The van der Waals surface area contributed by atoms with E-state index in [9.17, 15) is 4.79 Å². The molecule has 21 heavy (non-hydrogen) atoms. The average Bonchev–Trinajstić information content (AvgIpc) is 2.90. The first-order valence-electron chi connectivity index (χ1n) is 6.81. The van der Waals surface area contributed by atoms with Gasteiger partial charge in [-0.3, -0.25) is 9.48 Å². The molecule has 0 saturated carbocycles. The van der Waals surface area contributed by atoms with Crippen LogP contribution in [0.25, 0.3) is 11.1 Å². The van der Waals surface area contributed by atoms with E-state index in [1.54, 1.807) is 11.6 Å². The Morgan fingerprint density at radius 2 is 2.29 bits per heavy atom. The Morgan fingerprint density at radius 3 is 2.95 bits per heavy atom. The third kappa shape index (κ3) is 4.32. The van der Waals surface area contributed by atoms with E-state index in [0.29, 0.717) is 13.2 Å². The highest BCUT2D eigenvalue weighted by Crippen LogP contribution is 2.23. The van der Waals surface area contributed by atoms with Gasteiger partial charge in [0.05, 0.1) is 18.8 Å². The van der Waals surface area contributed by atoms with E-state index in [4.69, 9.17) is 10.5 Å². The summed E-state index contributed by atoms with van der Waals surface area (Å²) in [6.07, 6.45) is 3.75. The van der Waals surface area contributed by atoms with Crippen LogP contribution in [0.3, 0.4) is 0 Å². The molecule has 1 aromatic heterocycles. The van der Waals surface area contributed by atoms with Crippen molar-refractivity contribution >= 4 is 5.91 Å². The van der Waals surface area contributed by atoms with E-state index in [1.165, 1.54) is 0 Å². The fourth-order valence-corrected chi connectivity index (χ4v) is 1.84. The van der Waals surface area contributed by atoms with Gasteiger partial charge in [0, 0.05) is 18.8 Å². The molecule has 0 aliphatic heterocycles. The van der Waals surface area contributed by atoms with Crippen molar-refractivity contribution in [3.8, 4) is 16.9 Å². The summed E-state index contributed by atoms with van der Waals surface area (Å²) in [4.78, 5) is 11.3. The maximum atomic E-state index is 11.3. The molecule has 3 N–H and O–H groups in total. The molecule has 6 heteroatoms. The number of carbonyl (C=O) groups excluding carboxylic acids is 1. The van der Waals surface area contributed by atoms with Crippen LogP contribution in [0.2, 0.25) is 0 Å². The van der Waals surface area contributed by atoms with Gasteiger partial charge in [0.15, 0.2) is 0 Å². The second kappa shape index (κ2) is 6.90. The molecule has 1 atom stereocenters. The molecular formula is C15H20N4O2. The van der Waals surface area contributed by atoms with Crippen molar-refractivity contribution in [2.24, 2.45) is 12.8 Å². The number of aryl methyl sites for hydroxylation is 1. The van der Waals surface area contributed by atoms with Crippen LogP contribution in [-0.4, -0.2) is 34.9 Å². The van der Waals surface area contributed by atoms with Crippen molar-refractivity contribution in [3.63, 3.8) is 0 Å². The number of hydrogen-bond donors (Lipinski definition) is 2. The van der Waals surface area contributed by atoms with Crippen molar-refractivity contribution < 1.29 is 9.53 Å². The van der Waals surface area contributed by atoms with Gasteiger partial charge in [0.1, 0.15) is 12.4 Å². The second-order valence-electron chi connectivity index (χ2n) is 4.86. The first-order chi connectivity index (χ1) is 10.1. The number of aromatic nitrogens is 2. The molecule has 1 amide bonds. The lowest BCUT2D eigenvalue weighted by Crippen LogP contribution is -2.40. The number of rotatable bonds is 6. The molecule has 1 heterocycles. The van der Waals surface area contributed by atoms with E-state index in [1.807, 2.05) is 43.7 Å². The summed E-state index contributed by atoms with van der Waals surface area (Å²) >= 11 is 0. The summed E-state index contributed by atoms with van der Waals surface area (Å²) in [5, 5.41) is 6.85. The van der Waals surface area contributed by atoms with Gasteiger partial charge < -0.3 is 15.8 Å². The van der Waals surface area contributed by atoms with Gasteiger partial charge in [0.25, 0.3) is 0 Å². The van der Waals surface area contributed by atoms with Crippen molar-refractivity contribution in [1.82, 2.24) is 15.1 Å². The third-order valence-corrected chi connectivity index (χ3v) is 2.96. The molecule has 2 rings (SSSR count). The molecule has 0 fully saturated rings. The van der Waals surface area contributed by atoms with Crippen LogP contribution in [0.5, 0.6) is 5.75 Å². The van der Waals surface area contributed by atoms with Crippen LogP contribution < -0.4 is 15.8 Å². The Bertz CT molecular complexity index is 607. The van der Waals surface area contributed by atoms with Gasteiger partial charge in [-0.2, -0.15) is 5.10 Å². The van der Waals surface area contributed by atoms with Crippen LogP contribution in [-0.2, 0) is 11.8 Å². The van der Waals surface area contributed by atoms with Crippen molar-refractivity contribution in [2.75, 3.05) is 13.2 Å². The molecular weight excluding hydrogens is 268 g/mol. The van der Waals surface area contributed by atoms with Gasteiger partial charge in [-0.1, -0.05) is 12.1 Å². The van der Waals surface area contributed by atoms with Gasteiger partial charge in [-0.15, -0.1) is 0 Å². The Balaban J connectivity index is 1.88. The van der Waals surface area contributed by atoms with Gasteiger partial charge in [-0.05, 0) is 24.6 Å². The quantitative estimate of drug-likeness (QED) is 0.775. The molecule has 0 saturated heterocycles. The summed E-state index contributed by atoms with van der Waals surface area (Å²) in [7, 11) is 1.88. The van der Waals surface area contributed by atoms with Gasteiger partial charge in [0.2, 0.25) is 5.91 Å². The van der Waals surface area contributed by atoms with E-state index in [-0.39, 0.29) is 5.91 Å². The second-order valence-corrected chi connectivity index (χ2v) is 4.86. The summed E-state index contributed by atoms with van der Waals surface area (Å²) in [5.74, 6) is 0.578. The topological polar surface area (TPSA) is 82.2 Å². The van der Waals surface area contributed by atoms with Crippen LogP contribution in [0.15, 0.2) is 36.7 Å². The standard InChI is InChI=1S/C15H20N4O2/c1-11(16)15(20)17-6-7-21-14-5-3-4-12(8-14)13-9-18-19(2)10-13/h3-5,8-11H,6-7,16H2,1-2H3,(H,17,20)/t11-/m0/s1. The zero-order valence-electron chi connectivity index (χ0n) is 12.2. The van der Waals surface area contributed by atoms with E-state index < -0.39 is 6.04 Å². The van der Waals surface area contributed by atoms with Crippen molar-refractivity contribution in [2.45, 2.75) is 13.0 Å². The highest BCUT2D eigenvalue weighted by atomic mass is 16.5.